The topological polar surface area (TPSA) is 66.9 Å². The van der Waals surface area contributed by atoms with Crippen molar-refractivity contribution in [3.63, 3.8) is 0 Å². The second-order valence-corrected chi connectivity index (χ2v) is 10.5. The molecule has 0 radical (unpaired) electrons. The van der Waals surface area contributed by atoms with Gasteiger partial charge in [-0.2, -0.15) is 4.31 Å². The first-order valence-electron chi connectivity index (χ1n) is 10.2. The highest BCUT2D eigenvalue weighted by Crippen LogP contribution is 2.25. The van der Waals surface area contributed by atoms with Crippen LogP contribution in [-0.2, 0) is 20.2 Å². The van der Waals surface area contributed by atoms with Crippen molar-refractivity contribution in [2.24, 2.45) is 0 Å². The van der Waals surface area contributed by atoms with Crippen LogP contribution in [0.5, 0.6) is 5.75 Å². The first-order chi connectivity index (χ1) is 14.1. The molecule has 3 rings (SSSR count). The molecule has 1 fully saturated rings. The fourth-order valence-electron chi connectivity index (χ4n) is 3.44. The molecule has 1 atom stereocenters. The summed E-state index contributed by atoms with van der Waals surface area (Å²) in [5.74, 6) is 0.515. The van der Waals surface area contributed by atoms with E-state index < -0.39 is 16.1 Å². The monoisotopic (exact) mass is 430 g/mol. The summed E-state index contributed by atoms with van der Waals surface area (Å²) in [6, 6.07) is 16.2. The molecule has 0 bridgehead atoms. The summed E-state index contributed by atoms with van der Waals surface area (Å²) in [6.07, 6.45) is -0.636. The highest BCUT2D eigenvalue weighted by atomic mass is 32.2. The van der Waals surface area contributed by atoms with Crippen molar-refractivity contribution >= 4 is 15.9 Å². The molecular formula is C23H30N2O4S. The number of ether oxygens (including phenoxy) is 1. The van der Waals surface area contributed by atoms with Crippen LogP contribution in [0.25, 0.3) is 0 Å². The lowest BCUT2D eigenvalue weighted by Crippen LogP contribution is -2.53. The number of hydrogen-bond donors (Lipinski definition) is 0. The van der Waals surface area contributed by atoms with Crippen LogP contribution in [0.2, 0.25) is 0 Å². The lowest BCUT2D eigenvalue weighted by Gasteiger charge is -2.35. The van der Waals surface area contributed by atoms with Crippen molar-refractivity contribution in [1.82, 2.24) is 9.21 Å². The molecule has 2 aromatic rings. The van der Waals surface area contributed by atoms with Gasteiger partial charge in [-0.1, -0.05) is 51.1 Å². The summed E-state index contributed by atoms with van der Waals surface area (Å²) < 4.78 is 32.7. The standard InChI is InChI=1S/C23H30N2O4S/c1-18(29-20-12-10-19(11-13-20)23(2,3)4)22(26)24-14-16-25(17-15-24)30(27,28)21-8-6-5-7-9-21/h5-13,18H,14-17H2,1-4H3. The minimum Gasteiger partial charge on any atom is -0.481 e. The number of benzene rings is 2. The van der Waals surface area contributed by atoms with Crippen LogP contribution in [0.3, 0.4) is 0 Å². The van der Waals surface area contributed by atoms with E-state index in [-0.39, 0.29) is 29.3 Å². The molecule has 0 saturated carbocycles. The summed E-state index contributed by atoms with van der Waals surface area (Å²) in [7, 11) is -3.53. The Hall–Kier alpha value is -2.38. The van der Waals surface area contributed by atoms with Gasteiger partial charge in [0, 0.05) is 26.2 Å². The molecule has 2 aromatic carbocycles. The predicted octanol–water partition coefficient (Wildman–Crippen LogP) is 3.28. The number of rotatable bonds is 5. The van der Waals surface area contributed by atoms with Crippen LogP contribution < -0.4 is 4.74 Å². The zero-order valence-electron chi connectivity index (χ0n) is 18.0. The largest absolute Gasteiger partial charge is 0.481 e. The van der Waals surface area contributed by atoms with E-state index in [1.807, 2.05) is 24.3 Å². The molecule has 1 amide bonds. The van der Waals surface area contributed by atoms with Gasteiger partial charge >= 0.3 is 0 Å². The predicted molar refractivity (Wildman–Crippen MR) is 117 cm³/mol. The normalized spacial score (nSPS) is 16.9. The van der Waals surface area contributed by atoms with Gasteiger partial charge in [-0.3, -0.25) is 4.79 Å². The Bertz CT molecular complexity index is 959. The fourth-order valence-corrected chi connectivity index (χ4v) is 4.88. The molecule has 162 valence electrons. The molecule has 1 aliphatic heterocycles. The van der Waals surface area contributed by atoms with Crippen molar-refractivity contribution in [2.75, 3.05) is 26.2 Å². The van der Waals surface area contributed by atoms with E-state index in [9.17, 15) is 13.2 Å². The molecule has 0 aromatic heterocycles. The van der Waals surface area contributed by atoms with E-state index in [0.29, 0.717) is 18.8 Å². The Kier molecular flexibility index (Phi) is 6.53. The minimum absolute atomic E-state index is 0.0553. The van der Waals surface area contributed by atoms with Crippen LogP contribution in [0.15, 0.2) is 59.5 Å². The van der Waals surface area contributed by atoms with Crippen molar-refractivity contribution in [3.05, 3.63) is 60.2 Å². The molecule has 30 heavy (non-hydrogen) atoms. The van der Waals surface area contributed by atoms with Gasteiger partial charge in [0.15, 0.2) is 6.10 Å². The van der Waals surface area contributed by atoms with Gasteiger partial charge in [-0.25, -0.2) is 8.42 Å². The maximum atomic E-state index is 12.8. The Morgan fingerprint density at radius 2 is 1.50 bits per heavy atom. The highest BCUT2D eigenvalue weighted by molar-refractivity contribution is 7.89. The molecule has 1 saturated heterocycles. The van der Waals surface area contributed by atoms with Gasteiger partial charge in [0.1, 0.15) is 5.75 Å². The maximum Gasteiger partial charge on any atom is 0.263 e. The van der Waals surface area contributed by atoms with Gasteiger partial charge in [-0.15, -0.1) is 0 Å². The van der Waals surface area contributed by atoms with Gasteiger partial charge in [0.05, 0.1) is 4.90 Å². The van der Waals surface area contributed by atoms with Gasteiger partial charge < -0.3 is 9.64 Å². The third kappa shape index (κ3) is 5.02. The van der Waals surface area contributed by atoms with E-state index in [2.05, 4.69) is 20.8 Å². The Morgan fingerprint density at radius 1 is 0.933 bits per heavy atom. The molecule has 0 N–H and O–H groups in total. The smallest absolute Gasteiger partial charge is 0.263 e. The van der Waals surface area contributed by atoms with Crippen LogP contribution >= 0.6 is 0 Å². The number of carbonyl (C=O) groups is 1. The van der Waals surface area contributed by atoms with Crippen molar-refractivity contribution in [1.29, 1.82) is 0 Å². The van der Waals surface area contributed by atoms with E-state index in [1.54, 1.807) is 42.2 Å². The Labute approximate surface area is 179 Å². The van der Waals surface area contributed by atoms with Gasteiger partial charge in [0.25, 0.3) is 5.91 Å². The van der Waals surface area contributed by atoms with Crippen LogP contribution in [0, 0.1) is 0 Å². The van der Waals surface area contributed by atoms with E-state index in [1.165, 1.54) is 9.87 Å². The number of hydrogen-bond acceptors (Lipinski definition) is 4. The second-order valence-electron chi connectivity index (χ2n) is 8.58. The number of nitrogens with zero attached hydrogens (tertiary/aromatic N) is 2. The zero-order chi connectivity index (χ0) is 21.9. The number of piperazine rings is 1. The molecule has 1 aliphatic rings. The first-order valence-corrected chi connectivity index (χ1v) is 11.6. The summed E-state index contributed by atoms with van der Waals surface area (Å²) in [5, 5.41) is 0. The van der Waals surface area contributed by atoms with Gasteiger partial charge in [-0.05, 0) is 42.2 Å². The van der Waals surface area contributed by atoms with E-state index >= 15 is 0 Å². The van der Waals surface area contributed by atoms with Crippen molar-refractivity contribution in [3.8, 4) is 5.75 Å². The van der Waals surface area contributed by atoms with Crippen LogP contribution in [0.1, 0.15) is 33.3 Å². The van der Waals surface area contributed by atoms with Crippen molar-refractivity contribution in [2.45, 2.75) is 44.1 Å². The number of sulfonamides is 1. The first kappa shape index (κ1) is 22.3. The third-order valence-corrected chi connectivity index (χ3v) is 7.23. The van der Waals surface area contributed by atoms with Gasteiger partial charge in [0.2, 0.25) is 10.0 Å². The molecule has 1 heterocycles. The molecule has 1 unspecified atom stereocenters. The summed E-state index contributed by atoms with van der Waals surface area (Å²) in [6.45, 7) is 9.41. The second kappa shape index (κ2) is 8.78. The summed E-state index contributed by atoms with van der Waals surface area (Å²) in [4.78, 5) is 14.7. The quantitative estimate of drug-likeness (QED) is 0.730. The van der Waals surface area contributed by atoms with Crippen LogP contribution in [0.4, 0.5) is 0 Å². The Balaban J connectivity index is 1.57. The average molecular weight is 431 g/mol. The summed E-state index contributed by atoms with van der Waals surface area (Å²) >= 11 is 0. The number of amides is 1. The van der Waals surface area contributed by atoms with Crippen LogP contribution in [-0.4, -0.2) is 55.8 Å². The minimum atomic E-state index is -3.53. The van der Waals surface area contributed by atoms with Crippen molar-refractivity contribution < 1.29 is 17.9 Å². The molecule has 7 heteroatoms. The van der Waals surface area contributed by atoms with E-state index in [4.69, 9.17) is 4.74 Å². The highest BCUT2D eigenvalue weighted by Gasteiger charge is 2.32. The lowest BCUT2D eigenvalue weighted by atomic mass is 9.87. The molecule has 0 aliphatic carbocycles. The SMILES string of the molecule is CC(Oc1ccc(C(C)(C)C)cc1)C(=O)N1CCN(S(=O)(=O)c2ccccc2)CC1. The maximum absolute atomic E-state index is 12.8. The zero-order valence-corrected chi connectivity index (χ0v) is 18.9. The molecule has 6 nitrogen and oxygen atoms in total. The molecular weight excluding hydrogens is 400 g/mol. The third-order valence-electron chi connectivity index (χ3n) is 5.31. The average Bonchev–Trinajstić information content (AvgIpc) is 2.73. The lowest BCUT2D eigenvalue weighted by molar-refractivity contribution is -0.139. The summed E-state index contributed by atoms with van der Waals surface area (Å²) in [5.41, 5.74) is 1.25. The fraction of sp³-hybridized carbons (Fsp3) is 0.435. The molecule has 0 spiro atoms. The van der Waals surface area contributed by atoms with E-state index in [0.717, 1.165) is 0 Å². The Morgan fingerprint density at radius 3 is 2.03 bits per heavy atom. The number of carbonyl (C=O) groups excluding carboxylic acids is 1.